The van der Waals surface area contributed by atoms with Crippen molar-refractivity contribution in [2.45, 2.75) is 33.1 Å². The maximum absolute atomic E-state index is 12.3. The summed E-state index contributed by atoms with van der Waals surface area (Å²) in [6.45, 7) is 4.54. The number of aryl methyl sites for hydroxylation is 1. The fraction of sp³-hybridized carbons (Fsp3) is 0.533. The highest BCUT2D eigenvalue weighted by Crippen LogP contribution is 2.29. The molecule has 1 unspecified atom stereocenters. The number of carboxylic acids is 1. The van der Waals surface area contributed by atoms with Crippen LogP contribution in [0.25, 0.3) is 0 Å². The number of piperidine rings is 1. The van der Waals surface area contributed by atoms with Crippen molar-refractivity contribution < 1.29 is 14.7 Å². The monoisotopic (exact) mass is 276 g/mol. The Balaban J connectivity index is 2.02. The minimum absolute atomic E-state index is 0.0252. The number of amides is 1. The van der Waals surface area contributed by atoms with Gasteiger partial charge in [0.15, 0.2) is 0 Å². The summed E-state index contributed by atoms with van der Waals surface area (Å²) in [5.41, 5.74) is 0.959. The van der Waals surface area contributed by atoms with Crippen molar-refractivity contribution in [1.82, 2.24) is 9.88 Å². The number of pyridine rings is 1. The van der Waals surface area contributed by atoms with E-state index in [1.165, 1.54) is 0 Å². The normalized spacial score (nSPS) is 22.6. The van der Waals surface area contributed by atoms with Crippen molar-refractivity contribution in [3.8, 4) is 0 Å². The lowest BCUT2D eigenvalue weighted by Gasteiger charge is -2.37. The summed E-state index contributed by atoms with van der Waals surface area (Å²) in [5.74, 6) is -0.852. The van der Waals surface area contributed by atoms with Gasteiger partial charge in [0.2, 0.25) is 5.91 Å². The molecular weight excluding hydrogens is 256 g/mol. The lowest BCUT2D eigenvalue weighted by Crippen LogP contribution is -2.48. The number of aromatic nitrogens is 1. The predicted molar refractivity (Wildman–Crippen MR) is 74.2 cm³/mol. The molecule has 108 valence electrons. The fourth-order valence-corrected chi connectivity index (χ4v) is 2.52. The third-order valence-corrected chi connectivity index (χ3v) is 3.89. The average Bonchev–Trinajstić information content (AvgIpc) is 2.41. The quantitative estimate of drug-likeness (QED) is 0.911. The number of rotatable bonds is 3. The Bertz CT molecular complexity index is 512. The molecular formula is C15H20N2O3. The van der Waals surface area contributed by atoms with Gasteiger partial charge in [-0.2, -0.15) is 0 Å². The van der Waals surface area contributed by atoms with Crippen molar-refractivity contribution in [3.63, 3.8) is 0 Å². The highest BCUT2D eigenvalue weighted by atomic mass is 16.4. The van der Waals surface area contributed by atoms with E-state index in [9.17, 15) is 14.7 Å². The van der Waals surface area contributed by atoms with Crippen LogP contribution in [-0.2, 0) is 16.0 Å². The number of hydrogen-bond donors (Lipinski definition) is 1. The smallest absolute Gasteiger partial charge is 0.311 e. The Morgan fingerprint density at radius 3 is 2.80 bits per heavy atom. The zero-order chi connectivity index (χ0) is 14.8. The molecule has 1 aromatic rings. The number of nitrogens with zero attached hydrogens (tertiary/aromatic N) is 2. The highest BCUT2D eigenvalue weighted by molar-refractivity contribution is 5.81. The molecule has 5 heteroatoms. The molecule has 0 spiro atoms. The van der Waals surface area contributed by atoms with E-state index in [-0.39, 0.29) is 12.3 Å². The first-order chi connectivity index (χ1) is 9.40. The van der Waals surface area contributed by atoms with Gasteiger partial charge in [-0.15, -0.1) is 0 Å². The molecule has 0 aliphatic carbocycles. The molecule has 20 heavy (non-hydrogen) atoms. The van der Waals surface area contributed by atoms with Gasteiger partial charge in [0.05, 0.1) is 11.8 Å². The molecule has 1 amide bonds. The Hall–Kier alpha value is -1.91. The van der Waals surface area contributed by atoms with Crippen molar-refractivity contribution in [2.24, 2.45) is 5.41 Å². The van der Waals surface area contributed by atoms with Crippen LogP contribution in [0.4, 0.5) is 0 Å². The van der Waals surface area contributed by atoms with Gasteiger partial charge >= 0.3 is 5.97 Å². The van der Waals surface area contributed by atoms with Gasteiger partial charge in [0.25, 0.3) is 0 Å². The molecule has 0 saturated carbocycles. The Kier molecular flexibility index (Phi) is 4.06. The molecule has 2 heterocycles. The van der Waals surface area contributed by atoms with Gasteiger partial charge in [-0.1, -0.05) is 6.07 Å². The Morgan fingerprint density at radius 1 is 1.45 bits per heavy atom. The molecule has 1 fully saturated rings. The Morgan fingerprint density at radius 2 is 2.20 bits per heavy atom. The van der Waals surface area contributed by atoms with E-state index in [1.54, 1.807) is 18.0 Å². The van der Waals surface area contributed by atoms with Crippen LogP contribution in [0.5, 0.6) is 0 Å². The van der Waals surface area contributed by atoms with Crippen LogP contribution in [0.1, 0.15) is 31.0 Å². The number of carbonyl (C=O) groups is 2. The number of carbonyl (C=O) groups excluding carboxylic acids is 1. The third-order valence-electron chi connectivity index (χ3n) is 3.89. The maximum Gasteiger partial charge on any atom is 0.311 e. The second-order valence-electron chi connectivity index (χ2n) is 5.77. The van der Waals surface area contributed by atoms with Gasteiger partial charge in [0, 0.05) is 25.0 Å². The van der Waals surface area contributed by atoms with E-state index in [4.69, 9.17) is 0 Å². The molecule has 2 rings (SSSR count). The molecule has 1 saturated heterocycles. The molecule has 0 bridgehead atoms. The minimum atomic E-state index is -0.827. The second-order valence-corrected chi connectivity index (χ2v) is 5.77. The van der Waals surface area contributed by atoms with Crippen molar-refractivity contribution >= 4 is 11.9 Å². The maximum atomic E-state index is 12.3. The summed E-state index contributed by atoms with van der Waals surface area (Å²) in [4.78, 5) is 29.4. The lowest BCUT2D eigenvalue weighted by molar-refractivity contribution is -0.153. The first kappa shape index (κ1) is 14.5. The van der Waals surface area contributed by atoms with Crippen LogP contribution in [0, 0.1) is 12.3 Å². The average molecular weight is 276 g/mol. The third kappa shape index (κ3) is 3.15. The van der Waals surface area contributed by atoms with E-state index in [0.717, 1.165) is 17.7 Å². The predicted octanol–water partition coefficient (Wildman–Crippen LogP) is 1.65. The van der Waals surface area contributed by atoms with Crippen LogP contribution in [-0.4, -0.2) is 40.0 Å². The van der Waals surface area contributed by atoms with Gasteiger partial charge in [-0.05, 0) is 38.3 Å². The zero-order valence-corrected chi connectivity index (χ0v) is 11.9. The first-order valence-corrected chi connectivity index (χ1v) is 6.83. The largest absolute Gasteiger partial charge is 0.481 e. The molecule has 1 aromatic heterocycles. The fourth-order valence-electron chi connectivity index (χ4n) is 2.52. The number of aliphatic carboxylic acids is 1. The second kappa shape index (κ2) is 5.61. The summed E-state index contributed by atoms with van der Waals surface area (Å²) in [5, 5.41) is 9.27. The summed E-state index contributed by atoms with van der Waals surface area (Å²) in [6, 6.07) is 3.76. The molecule has 0 aromatic carbocycles. The zero-order valence-electron chi connectivity index (χ0n) is 11.9. The van der Waals surface area contributed by atoms with E-state index in [0.29, 0.717) is 19.5 Å². The number of hydrogen-bond acceptors (Lipinski definition) is 3. The van der Waals surface area contributed by atoms with E-state index in [2.05, 4.69) is 4.98 Å². The van der Waals surface area contributed by atoms with Crippen LogP contribution in [0.15, 0.2) is 18.3 Å². The van der Waals surface area contributed by atoms with Crippen molar-refractivity contribution in [3.05, 3.63) is 29.6 Å². The Labute approximate surface area is 118 Å². The van der Waals surface area contributed by atoms with Crippen molar-refractivity contribution in [1.29, 1.82) is 0 Å². The van der Waals surface area contributed by atoms with E-state index >= 15 is 0 Å². The minimum Gasteiger partial charge on any atom is -0.481 e. The van der Waals surface area contributed by atoms with Gasteiger partial charge in [-0.3, -0.25) is 14.6 Å². The van der Waals surface area contributed by atoms with Gasteiger partial charge < -0.3 is 10.0 Å². The molecule has 1 N–H and O–H groups in total. The molecule has 1 aliphatic rings. The van der Waals surface area contributed by atoms with E-state index < -0.39 is 11.4 Å². The summed E-state index contributed by atoms with van der Waals surface area (Å²) in [6.07, 6.45) is 3.34. The molecule has 0 radical (unpaired) electrons. The first-order valence-electron chi connectivity index (χ1n) is 6.83. The molecule has 5 nitrogen and oxygen atoms in total. The number of carboxylic acid groups (broad SMARTS) is 1. The van der Waals surface area contributed by atoms with Gasteiger partial charge in [-0.25, -0.2) is 0 Å². The van der Waals surface area contributed by atoms with Gasteiger partial charge in [0.1, 0.15) is 0 Å². The van der Waals surface area contributed by atoms with Crippen LogP contribution in [0.2, 0.25) is 0 Å². The van der Waals surface area contributed by atoms with E-state index in [1.807, 2.05) is 19.1 Å². The standard InChI is InChI=1S/C15H20N2O3/c1-11-4-5-12(9-16-11)8-13(18)17-7-3-6-15(2,10-17)14(19)20/h4-5,9H,3,6-8,10H2,1-2H3,(H,19,20). The molecule has 1 aliphatic heterocycles. The topological polar surface area (TPSA) is 70.5 Å². The van der Waals surface area contributed by atoms with Crippen molar-refractivity contribution in [2.75, 3.05) is 13.1 Å². The number of likely N-dealkylation sites (tertiary alicyclic amines) is 1. The highest BCUT2D eigenvalue weighted by Gasteiger charge is 2.39. The summed E-state index contributed by atoms with van der Waals surface area (Å²) >= 11 is 0. The lowest BCUT2D eigenvalue weighted by atomic mass is 9.82. The molecule has 1 atom stereocenters. The summed E-state index contributed by atoms with van der Waals surface area (Å²) in [7, 11) is 0. The summed E-state index contributed by atoms with van der Waals surface area (Å²) < 4.78 is 0. The van der Waals surface area contributed by atoms with Crippen LogP contribution < -0.4 is 0 Å². The van der Waals surface area contributed by atoms with Crippen LogP contribution in [0.3, 0.4) is 0 Å². The SMILES string of the molecule is Cc1ccc(CC(=O)N2CCCC(C)(C(=O)O)C2)cn1. The van der Waals surface area contributed by atoms with Crippen LogP contribution >= 0.6 is 0 Å².